The van der Waals surface area contributed by atoms with Crippen LogP contribution in [0.15, 0.2) is 6.07 Å². The SMILES string of the molecule is Cc1c(F)c(F)cc(F)c1P. The molecule has 0 aliphatic heterocycles. The third kappa shape index (κ3) is 1.38. The van der Waals surface area contributed by atoms with Crippen LogP contribution >= 0.6 is 9.24 Å². The van der Waals surface area contributed by atoms with E-state index in [0.717, 1.165) is 0 Å². The van der Waals surface area contributed by atoms with Crippen LogP contribution in [0.3, 0.4) is 0 Å². The first kappa shape index (κ1) is 8.54. The van der Waals surface area contributed by atoms with Crippen molar-refractivity contribution < 1.29 is 13.2 Å². The van der Waals surface area contributed by atoms with Gasteiger partial charge in [-0.3, -0.25) is 0 Å². The van der Waals surface area contributed by atoms with E-state index in [2.05, 4.69) is 0 Å². The van der Waals surface area contributed by atoms with Crippen molar-refractivity contribution in [3.05, 3.63) is 29.1 Å². The van der Waals surface area contributed by atoms with E-state index in [1.165, 1.54) is 6.92 Å². The number of hydrogen-bond acceptors (Lipinski definition) is 0. The Morgan fingerprint density at radius 2 is 1.73 bits per heavy atom. The minimum atomic E-state index is -1.15. The summed E-state index contributed by atoms with van der Waals surface area (Å²) >= 11 is 0. The fourth-order valence-electron chi connectivity index (χ4n) is 0.729. The number of benzene rings is 1. The van der Waals surface area contributed by atoms with Gasteiger partial charge in [-0.05, 0) is 12.5 Å². The highest BCUT2D eigenvalue weighted by molar-refractivity contribution is 7.27. The molecule has 0 nitrogen and oxygen atoms in total. The molecule has 0 N–H and O–H groups in total. The van der Waals surface area contributed by atoms with Gasteiger partial charge in [-0.25, -0.2) is 13.2 Å². The predicted molar refractivity (Wildman–Crippen MR) is 40.4 cm³/mol. The van der Waals surface area contributed by atoms with Gasteiger partial charge in [0.15, 0.2) is 11.6 Å². The van der Waals surface area contributed by atoms with Crippen LogP contribution in [0.1, 0.15) is 5.56 Å². The van der Waals surface area contributed by atoms with Crippen LogP contribution < -0.4 is 5.30 Å². The van der Waals surface area contributed by atoms with E-state index < -0.39 is 17.5 Å². The van der Waals surface area contributed by atoms with Gasteiger partial charge in [-0.15, -0.1) is 9.24 Å². The van der Waals surface area contributed by atoms with Crippen LogP contribution in [0, 0.1) is 24.4 Å². The molecule has 0 spiro atoms. The molecule has 1 atom stereocenters. The highest BCUT2D eigenvalue weighted by Crippen LogP contribution is 2.13. The van der Waals surface area contributed by atoms with Gasteiger partial charge in [0, 0.05) is 11.4 Å². The van der Waals surface area contributed by atoms with Gasteiger partial charge in [0.25, 0.3) is 0 Å². The second kappa shape index (κ2) is 2.82. The van der Waals surface area contributed by atoms with Gasteiger partial charge >= 0.3 is 0 Å². The highest BCUT2D eigenvalue weighted by Gasteiger charge is 2.11. The Morgan fingerprint density at radius 3 is 2.27 bits per heavy atom. The standard InChI is InChI=1S/C7H6F3P/c1-3-6(10)4(8)2-5(9)7(3)11/h2H,11H2,1H3. The van der Waals surface area contributed by atoms with Crippen molar-refractivity contribution in [3.8, 4) is 0 Å². The largest absolute Gasteiger partial charge is 0.206 e. The van der Waals surface area contributed by atoms with Crippen molar-refractivity contribution in [2.24, 2.45) is 0 Å². The first-order chi connectivity index (χ1) is 5.04. The number of rotatable bonds is 0. The van der Waals surface area contributed by atoms with Crippen LogP contribution in [-0.4, -0.2) is 0 Å². The van der Waals surface area contributed by atoms with Crippen molar-refractivity contribution in [1.29, 1.82) is 0 Å². The van der Waals surface area contributed by atoms with Crippen LogP contribution in [-0.2, 0) is 0 Å². The number of hydrogen-bond donors (Lipinski definition) is 0. The van der Waals surface area contributed by atoms with Crippen molar-refractivity contribution in [2.75, 3.05) is 0 Å². The van der Waals surface area contributed by atoms with E-state index >= 15 is 0 Å². The lowest BCUT2D eigenvalue weighted by Gasteiger charge is -2.02. The first-order valence-electron chi connectivity index (χ1n) is 2.93. The zero-order valence-electron chi connectivity index (χ0n) is 5.79. The summed E-state index contributed by atoms with van der Waals surface area (Å²) in [5, 5.41) is 0.0731. The van der Waals surface area contributed by atoms with Gasteiger partial charge in [0.2, 0.25) is 0 Å². The first-order valence-corrected chi connectivity index (χ1v) is 3.51. The second-order valence-electron chi connectivity index (χ2n) is 2.19. The summed E-state index contributed by atoms with van der Waals surface area (Å²) in [7, 11) is 2.02. The summed E-state index contributed by atoms with van der Waals surface area (Å²) < 4.78 is 37.6. The Balaban J connectivity index is 3.46. The Morgan fingerprint density at radius 1 is 1.18 bits per heavy atom. The average molecular weight is 178 g/mol. The summed E-state index contributed by atoms with van der Waals surface area (Å²) in [5.74, 6) is -2.88. The van der Waals surface area contributed by atoms with Gasteiger partial charge in [-0.1, -0.05) is 0 Å². The molecule has 11 heavy (non-hydrogen) atoms. The molecule has 0 bridgehead atoms. The normalized spacial score (nSPS) is 10.3. The molecule has 1 unspecified atom stereocenters. The van der Waals surface area contributed by atoms with Crippen LogP contribution in [0.25, 0.3) is 0 Å². The molecule has 0 heterocycles. The van der Waals surface area contributed by atoms with Crippen molar-refractivity contribution in [2.45, 2.75) is 6.92 Å². The predicted octanol–water partition coefficient (Wildman–Crippen LogP) is 1.91. The summed E-state index contributed by atoms with van der Waals surface area (Å²) in [4.78, 5) is 0. The van der Waals surface area contributed by atoms with E-state index in [9.17, 15) is 13.2 Å². The molecule has 0 amide bonds. The third-order valence-electron chi connectivity index (χ3n) is 1.45. The highest BCUT2D eigenvalue weighted by atomic mass is 31.0. The molecule has 1 aromatic carbocycles. The van der Waals surface area contributed by atoms with Crippen LogP contribution in [0.4, 0.5) is 13.2 Å². The van der Waals surface area contributed by atoms with Gasteiger partial charge in [-0.2, -0.15) is 0 Å². The topological polar surface area (TPSA) is 0 Å². The van der Waals surface area contributed by atoms with E-state index in [4.69, 9.17) is 0 Å². The van der Waals surface area contributed by atoms with E-state index in [1.54, 1.807) is 0 Å². The van der Waals surface area contributed by atoms with E-state index in [-0.39, 0.29) is 10.9 Å². The summed E-state index contributed by atoms with van der Waals surface area (Å²) in [6.07, 6.45) is 0. The summed E-state index contributed by atoms with van der Waals surface area (Å²) in [6, 6.07) is 0.532. The second-order valence-corrected chi connectivity index (χ2v) is 2.77. The average Bonchev–Trinajstić information content (AvgIpc) is 1.97. The maximum absolute atomic E-state index is 12.6. The van der Waals surface area contributed by atoms with Crippen LogP contribution in [0.5, 0.6) is 0 Å². The lowest BCUT2D eigenvalue weighted by molar-refractivity contribution is 0.492. The van der Waals surface area contributed by atoms with Crippen molar-refractivity contribution >= 4 is 14.5 Å². The molecule has 1 rings (SSSR count). The molecule has 0 fully saturated rings. The Bertz CT molecular complexity index is 270. The Hall–Kier alpha value is -0.560. The quantitative estimate of drug-likeness (QED) is 0.420. The van der Waals surface area contributed by atoms with E-state index in [1.807, 2.05) is 9.24 Å². The molecule has 0 radical (unpaired) electrons. The maximum atomic E-state index is 12.6. The molecular weight excluding hydrogens is 172 g/mol. The lowest BCUT2D eigenvalue weighted by atomic mass is 10.2. The van der Waals surface area contributed by atoms with Crippen LogP contribution in [0.2, 0.25) is 0 Å². The molecule has 0 aliphatic rings. The van der Waals surface area contributed by atoms with Gasteiger partial charge < -0.3 is 0 Å². The van der Waals surface area contributed by atoms with Gasteiger partial charge in [0.05, 0.1) is 0 Å². The molecule has 0 saturated carbocycles. The molecule has 60 valence electrons. The zero-order valence-corrected chi connectivity index (χ0v) is 6.94. The van der Waals surface area contributed by atoms with Gasteiger partial charge in [0.1, 0.15) is 5.82 Å². The minimum Gasteiger partial charge on any atom is -0.206 e. The monoisotopic (exact) mass is 178 g/mol. The zero-order chi connectivity index (χ0) is 8.59. The summed E-state index contributed by atoms with van der Waals surface area (Å²) in [5.41, 5.74) is -0.00694. The molecular formula is C7H6F3P. The smallest absolute Gasteiger partial charge is 0.162 e. The van der Waals surface area contributed by atoms with E-state index in [0.29, 0.717) is 6.07 Å². The maximum Gasteiger partial charge on any atom is 0.162 e. The lowest BCUT2D eigenvalue weighted by Crippen LogP contribution is -2.08. The Labute approximate surface area is 64.6 Å². The molecule has 0 aromatic heterocycles. The molecule has 1 aromatic rings. The Kier molecular flexibility index (Phi) is 2.19. The minimum absolute atomic E-state index is 0.00694. The third-order valence-corrected chi connectivity index (χ3v) is 2.16. The molecule has 4 heteroatoms. The van der Waals surface area contributed by atoms with Crippen molar-refractivity contribution in [1.82, 2.24) is 0 Å². The van der Waals surface area contributed by atoms with Crippen molar-refractivity contribution in [3.63, 3.8) is 0 Å². The molecule has 0 saturated heterocycles. The fourth-order valence-corrected chi connectivity index (χ4v) is 0.939. The molecule has 0 aliphatic carbocycles. The number of halogens is 3. The summed E-state index contributed by atoms with van der Waals surface area (Å²) in [6.45, 7) is 1.32. The fraction of sp³-hybridized carbons (Fsp3) is 0.143.